The molecule has 0 fully saturated rings. The Morgan fingerprint density at radius 2 is 2.07 bits per heavy atom. The fourth-order valence-electron chi connectivity index (χ4n) is 1.23. The van der Waals surface area contributed by atoms with Gasteiger partial charge in [-0.15, -0.1) is 0 Å². The summed E-state index contributed by atoms with van der Waals surface area (Å²) in [5.41, 5.74) is 5.30. The van der Waals surface area contributed by atoms with Crippen LogP contribution in [0.15, 0.2) is 0 Å². The van der Waals surface area contributed by atoms with Gasteiger partial charge in [0.25, 0.3) is 0 Å². The first-order chi connectivity index (χ1) is 6.35. The number of nitrogens with one attached hydrogen (secondary N) is 1. The van der Waals surface area contributed by atoms with Crippen LogP contribution in [-0.4, -0.2) is 30.2 Å². The highest BCUT2D eigenvalue weighted by Crippen LogP contribution is 2.20. The zero-order valence-corrected chi connectivity index (χ0v) is 9.34. The van der Waals surface area contributed by atoms with Crippen molar-refractivity contribution in [3.8, 4) is 0 Å². The van der Waals surface area contributed by atoms with E-state index in [0.29, 0.717) is 25.9 Å². The van der Waals surface area contributed by atoms with Crippen LogP contribution in [0.25, 0.3) is 0 Å². The number of aliphatic hydroxyl groups excluding tert-OH is 1. The van der Waals surface area contributed by atoms with Gasteiger partial charge in [-0.05, 0) is 11.8 Å². The van der Waals surface area contributed by atoms with Crippen LogP contribution in [0.2, 0.25) is 0 Å². The van der Waals surface area contributed by atoms with Crippen molar-refractivity contribution in [3.05, 3.63) is 0 Å². The van der Waals surface area contributed by atoms with Gasteiger partial charge in [0.2, 0.25) is 5.91 Å². The molecule has 14 heavy (non-hydrogen) atoms. The standard InChI is InChI=1S/C10H22N2O2/c1-10(2,3)6-8(13)7-12-9(14)4-5-11/h8,13H,4-7,11H2,1-3H3,(H,12,14). The molecule has 0 aromatic heterocycles. The second-order valence-electron chi connectivity index (χ2n) is 4.76. The first-order valence-electron chi connectivity index (χ1n) is 5.00. The Morgan fingerprint density at radius 3 is 2.50 bits per heavy atom. The van der Waals surface area contributed by atoms with Gasteiger partial charge < -0.3 is 16.2 Å². The lowest BCUT2D eigenvalue weighted by Gasteiger charge is -2.22. The summed E-state index contributed by atoms with van der Waals surface area (Å²) < 4.78 is 0. The second-order valence-corrected chi connectivity index (χ2v) is 4.76. The average Bonchev–Trinajstić information content (AvgIpc) is 1.98. The molecule has 84 valence electrons. The molecule has 0 bridgehead atoms. The molecule has 4 N–H and O–H groups in total. The van der Waals surface area contributed by atoms with Crippen molar-refractivity contribution >= 4 is 5.91 Å². The second kappa shape index (κ2) is 5.98. The lowest BCUT2D eigenvalue weighted by atomic mass is 9.89. The van der Waals surface area contributed by atoms with Crippen LogP contribution in [0.4, 0.5) is 0 Å². The van der Waals surface area contributed by atoms with Gasteiger partial charge in [-0.25, -0.2) is 0 Å². The molecule has 0 heterocycles. The summed E-state index contributed by atoms with van der Waals surface area (Å²) in [7, 11) is 0. The molecule has 0 rings (SSSR count). The number of rotatable bonds is 5. The first-order valence-corrected chi connectivity index (χ1v) is 5.00. The van der Waals surface area contributed by atoms with Crippen molar-refractivity contribution in [1.29, 1.82) is 0 Å². The highest BCUT2D eigenvalue weighted by atomic mass is 16.3. The number of hydrogen-bond acceptors (Lipinski definition) is 3. The Bertz CT molecular complexity index is 175. The van der Waals surface area contributed by atoms with Crippen molar-refractivity contribution in [2.45, 2.75) is 39.7 Å². The van der Waals surface area contributed by atoms with Crippen LogP contribution in [0.3, 0.4) is 0 Å². The van der Waals surface area contributed by atoms with Crippen molar-refractivity contribution in [1.82, 2.24) is 5.32 Å². The molecule has 0 spiro atoms. The molecule has 0 aliphatic rings. The van der Waals surface area contributed by atoms with E-state index in [-0.39, 0.29) is 11.3 Å². The molecule has 0 aromatic rings. The summed E-state index contributed by atoms with van der Waals surface area (Å²) in [6.45, 7) is 6.82. The van der Waals surface area contributed by atoms with Crippen LogP contribution >= 0.6 is 0 Å². The summed E-state index contributed by atoms with van der Waals surface area (Å²) in [5, 5.41) is 12.2. The van der Waals surface area contributed by atoms with E-state index in [1.54, 1.807) is 0 Å². The van der Waals surface area contributed by atoms with Gasteiger partial charge in [0, 0.05) is 19.5 Å². The van der Waals surface area contributed by atoms with Gasteiger partial charge in [0.1, 0.15) is 0 Å². The molecular weight excluding hydrogens is 180 g/mol. The molecule has 1 amide bonds. The minimum atomic E-state index is -0.475. The molecule has 4 nitrogen and oxygen atoms in total. The van der Waals surface area contributed by atoms with Gasteiger partial charge in [-0.2, -0.15) is 0 Å². The number of nitrogens with two attached hydrogens (primary N) is 1. The Kier molecular flexibility index (Phi) is 5.72. The minimum Gasteiger partial charge on any atom is -0.391 e. The maximum Gasteiger partial charge on any atom is 0.221 e. The molecule has 0 aromatic carbocycles. The van der Waals surface area contributed by atoms with Crippen LogP contribution in [0.1, 0.15) is 33.6 Å². The Hall–Kier alpha value is -0.610. The molecule has 0 saturated carbocycles. The monoisotopic (exact) mass is 202 g/mol. The average molecular weight is 202 g/mol. The number of aliphatic hydroxyl groups is 1. The summed E-state index contributed by atoms with van der Waals surface area (Å²) in [4.78, 5) is 11.0. The largest absolute Gasteiger partial charge is 0.391 e. The molecule has 0 aliphatic carbocycles. The minimum absolute atomic E-state index is 0.0814. The third-order valence-corrected chi connectivity index (χ3v) is 1.75. The van der Waals surface area contributed by atoms with E-state index >= 15 is 0 Å². The molecule has 4 heteroatoms. The molecule has 0 saturated heterocycles. The lowest BCUT2D eigenvalue weighted by molar-refractivity contribution is -0.121. The number of carbonyl (C=O) groups excluding carboxylic acids is 1. The van der Waals surface area contributed by atoms with Gasteiger partial charge in [0.05, 0.1) is 6.10 Å². The van der Waals surface area contributed by atoms with Crippen LogP contribution in [-0.2, 0) is 4.79 Å². The van der Waals surface area contributed by atoms with E-state index in [0.717, 1.165) is 0 Å². The van der Waals surface area contributed by atoms with Crippen LogP contribution in [0.5, 0.6) is 0 Å². The van der Waals surface area contributed by atoms with E-state index in [1.165, 1.54) is 0 Å². The molecule has 0 radical (unpaired) electrons. The van der Waals surface area contributed by atoms with Gasteiger partial charge in [-0.3, -0.25) is 4.79 Å². The van der Waals surface area contributed by atoms with Crippen molar-refractivity contribution < 1.29 is 9.90 Å². The van der Waals surface area contributed by atoms with E-state index < -0.39 is 6.10 Å². The Morgan fingerprint density at radius 1 is 1.50 bits per heavy atom. The summed E-state index contributed by atoms with van der Waals surface area (Å²) >= 11 is 0. The summed E-state index contributed by atoms with van der Waals surface area (Å²) in [5.74, 6) is -0.0968. The smallest absolute Gasteiger partial charge is 0.221 e. The normalized spacial score (nSPS) is 13.8. The maximum atomic E-state index is 11.0. The molecule has 1 unspecified atom stereocenters. The van der Waals surface area contributed by atoms with E-state index in [9.17, 15) is 9.90 Å². The van der Waals surface area contributed by atoms with Gasteiger partial charge >= 0.3 is 0 Å². The fourth-order valence-corrected chi connectivity index (χ4v) is 1.23. The quantitative estimate of drug-likeness (QED) is 0.598. The predicted octanol–water partition coefficient (Wildman–Crippen LogP) is 0.249. The highest BCUT2D eigenvalue weighted by Gasteiger charge is 2.16. The van der Waals surface area contributed by atoms with Gasteiger partial charge in [0.15, 0.2) is 0 Å². The Labute approximate surface area is 85.9 Å². The van der Waals surface area contributed by atoms with Crippen LogP contribution in [0, 0.1) is 5.41 Å². The van der Waals surface area contributed by atoms with E-state index in [1.807, 2.05) is 0 Å². The maximum absolute atomic E-state index is 11.0. The topological polar surface area (TPSA) is 75.3 Å². The predicted molar refractivity (Wildman–Crippen MR) is 56.8 cm³/mol. The molecule has 0 aliphatic heterocycles. The highest BCUT2D eigenvalue weighted by molar-refractivity contribution is 5.76. The van der Waals surface area contributed by atoms with Crippen molar-refractivity contribution in [3.63, 3.8) is 0 Å². The fraction of sp³-hybridized carbons (Fsp3) is 0.900. The lowest BCUT2D eigenvalue weighted by Crippen LogP contribution is -2.34. The first kappa shape index (κ1) is 13.4. The molecule has 1 atom stereocenters. The van der Waals surface area contributed by atoms with E-state index in [2.05, 4.69) is 26.1 Å². The van der Waals surface area contributed by atoms with Crippen molar-refractivity contribution in [2.24, 2.45) is 11.1 Å². The molecular formula is C10H22N2O2. The Balaban J connectivity index is 3.63. The third kappa shape index (κ3) is 8.01. The zero-order chi connectivity index (χ0) is 11.2. The SMILES string of the molecule is CC(C)(C)CC(O)CNC(=O)CCN. The van der Waals surface area contributed by atoms with Gasteiger partial charge in [-0.1, -0.05) is 20.8 Å². The third-order valence-electron chi connectivity index (χ3n) is 1.75. The number of hydrogen-bond donors (Lipinski definition) is 3. The van der Waals surface area contributed by atoms with E-state index in [4.69, 9.17) is 5.73 Å². The number of carbonyl (C=O) groups is 1. The van der Waals surface area contributed by atoms with Crippen molar-refractivity contribution in [2.75, 3.05) is 13.1 Å². The number of amides is 1. The summed E-state index contributed by atoms with van der Waals surface area (Å²) in [6.07, 6.45) is 0.523. The zero-order valence-electron chi connectivity index (χ0n) is 9.34. The van der Waals surface area contributed by atoms with Crippen LogP contribution < -0.4 is 11.1 Å². The summed E-state index contributed by atoms with van der Waals surface area (Å²) in [6, 6.07) is 0.